The molecule has 0 radical (unpaired) electrons. The molecule has 0 unspecified atom stereocenters. The van der Waals surface area contributed by atoms with Crippen molar-refractivity contribution in [3.05, 3.63) is 106 Å². The highest BCUT2D eigenvalue weighted by atomic mass is 35.5. The van der Waals surface area contributed by atoms with Crippen LogP contribution in [0.5, 0.6) is 0 Å². The molecule has 2 heterocycles. The Hall–Kier alpha value is -4.74. The van der Waals surface area contributed by atoms with E-state index in [1.54, 1.807) is 16.7 Å². The molecule has 0 bridgehead atoms. The summed E-state index contributed by atoms with van der Waals surface area (Å²) >= 11 is 6.09. The zero-order chi connectivity index (χ0) is 25.2. The Morgan fingerprint density at radius 1 is 1.03 bits per heavy atom. The van der Waals surface area contributed by atoms with Crippen molar-refractivity contribution in [3.63, 3.8) is 0 Å². The van der Waals surface area contributed by atoms with Crippen molar-refractivity contribution in [1.29, 1.82) is 5.26 Å². The minimum atomic E-state index is -0.511. The number of nitriles is 1. The number of hydrogen-bond acceptors (Lipinski definition) is 7. The number of nitrogens with two attached hydrogens (primary N) is 1. The lowest BCUT2D eigenvalue weighted by molar-refractivity contribution is 0.731. The molecule has 0 aliphatic carbocycles. The summed E-state index contributed by atoms with van der Waals surface area (Å²) in [5, 5.41) is 13.8. The van der Waals surface area contributed by atoms with E-state index in [9.17, 15) is 10.1 Å². The zero-order valence-electron chi connectivity index (χ0n) is 19.2. The molecule has 3 aromatic carbocycles. The third-order valence-corrected chi connectivity index (χ3v) is 6.01. The van der Waals surface area contributed by atoms with Gasteiger partial charge in [-0.05, 0) is 48.4 Å². The first-order valence-electron chi connectivity index (χ1n) is 11.1. The quantitative estimate of drug-likeness (QED) is 0.348. The van der Waals surface area contributed by atoms with Crippen molar-refractivity contribution in [2.24, 2.45) is 0 Å². The van der Waals surface area contributed by atoms with Gasteiger partial charge < -0.3 is 11.1 Å². The molecule has 36 heavy (non-hydrogen) atoms. The SMILES string of the molecule is C[C@H](Nc1nc(N)ncc1C#N)c1nc2cccc(-c3ccc(Cl)cc3)c2c(=O)n1-c1ccccc1. The van der Waals surface area contributed by atoms with Gasteiger partial charge in [-0.25, -0.2) is 9.97 Å². The van der Waals surface area contributed by atoms with E-state index in [2.05, 4.69) is 21.4 Å². The second kappa shape index (κ2) is 9.49. The van der Waals surface area contributed by atoms with Crippen molar-refractivity contribution >= 4 is 34.3 Å². The second-order valence-electron chi connectivity index (χ2n) is 8.12. The van der Waals surface area contributed by atoms with E-state index in [1.807, 2.05) is 67.6 Å². The first-order valence-corrected chi connectivity index (χ1v) is 11.5. The molecule has 9 heteroatoms. The van der Waals surface area contributed by atoms with Crippen LogP contribution in [0.25, 0.3) is 27.7 Å². The molecule has 0 aliphatic rings. The van der Waals surface area contributed by atoms with Gasteiger partial charge in [-0.3, -0.25) is 9.36 Å². The molecule has 0 saturated carbocycles. The van der Waals surface area contributed by atoms with Gasteiger partial charge in [0.2, 0.25) is 5.95 Å². The number of nitrogen functional groups attached to an aromatic ring is 1. The van der Waals surface area contributed by atoms with Gasteiger partial charge in [-0.15, -0.1) is 0 Å². The van der Waals surface area contributed by atoms with E-state index >= 15 is 0 Å². The highest BCUT2D eigenvalue weighted by Gasteiger charge is 2.21. The van der Waals surface area contributed by atoms with Gasteiger partial charge in [-0.1, -0.05) is 54.1 Å². The molecular formula is C27H20ClN7O. The van der Waals surface area contributed by atoms with Crippen LogP contribution in [0.1, 0.15) is 24.4 Å². The molecule has 1 atom stereocenters. The first-order chi connectivity index (χ1) is 17.5. The van der Waals surface area contributed by atoms with Crippen molar-refractivity contribution in [1.82, 2.24) is 19.5 Å². The highest BCUT2D eigenvalue weighted by molar-refractivity contribution is 6.30. The van der Waals surface area contributed by atoms with E-state index in [0.29, 0.717) is 27.4 Å². The number of fused-ring (bicyclic) bond motifs is 1. The van der Waals surface area contributed by atoms with Crippen LogP contribution in [0.2, 0.25) is 5.02 Å². The molecule has 176 valence electrons. The van der Waals surface area contributed by atoms with E-state index in [-0.39, 0.29) is 22.9 Å². The van der Waals surface area contributed by atoms with Crippen molar-refractivity contribution in [3.8, 4) is 22.9 Å². The third-order valence-electron chi connectivity index (χ3n) is 5.76. The normalized spacial score (nSPS) is 11.7. The number of nitrogens with one attached hydrogen (secondary N) is 1. The van der Waals surface area contributed by atoms with Crippen LogP contribution in [0, 0.1) is 11.3 Å². The fraction of sp³-hybridized carbons (Fsp3) is 0.0741. The predicted octanol–water partition coefficient (Wildman–Crippen LogP) is 5.12. The molecule has 2 aromatic heterocycles. The third kappa shape index (κ3) is 4.24. The lowest BCUT2D eigenvalue weighted by Crippen LogP contribution is -2.28. The number of halogens is 1. The van der Waals surface area contributed by atoms with E-state index in [0.717, 1.165) is 11.1 Å². The van der Waals surface area contributed by atoms with Gasteiger partial charge in [0, 0.05) is 5.02 Å². The Morgan fingerprint density at radius 3 is 2.50 bits per heavy atom. The van der Waals surface area contributed by atoms with Crippen LogP contribution in [0.4, 0.5) is 11.8 Å². The first kappa shape index (κ1) is 23.0. The number of aromatic nitrogens is 4. The summed E-state index contributed by atoms with van der Waals surface area (Å²) in [7, 11) is 0. The lowest BCUT2D eigenvalue weighted by atomic mass is 10.0. The molecule has 0 spiro atoms. The van der Waals surface area contributed by atoms with Crippen LogP contribution >= 0.6 is 11.6 Å². The summed E-state index contributed by atoms with van der Waals surface area (Å²) in [5.74, 6) is 0.748. The van der Waals surface area contributed by atoms with Crippen LogP contribution in [0.15, 0.2) is 83.8 Å². The maximum atomic E-state index is 14.1. The Bertz CT molecular complexity index is 1680. The van der Waals surface area contributed by atoms with E-state index < -0.39 is 6.04 Å². The summed E-state index contributed by atoms with van der Waals surface area (Å²) in [6, 6.07) is 23.8. The number of hydrogen-bond donors (Lipinski definition) is 2. The molecule has 0 fully saturated rings. The fourth-order valence-corrected chi connectivity index (χ4v) is 4.22. The summed E-state index contributed by atoms with van der Waals surface area (Å²) in [5.41, 5.74) is 8.58. The van der Waals surface area contributed by atoms with E-state index in [4.69, 9.17) is 22.3 Å². The van der Waals surface area contributed by atoms with Crippen molar-refractivity contribution in [2.45, 2.75) is 13.0 Å². The Morgan fingerprint density at radius 2 is 1.78 bits per heavy atom. The standard InChI is InChI=1S/C27H20ClN7O/c1-16(32-24-18(14-29)15-31-27(30)34-24)25-33-22-9-5-8-21(17-10-12-19(28)13-11-17)23(22)26(36)35(25)20-6-3-2-4-7-20/h2-13,15-16H,1H3,(H3,30,31,32,34)/t16-/m0/s1. The molecule has 0 amide bonds. The van der Waals surface area contributed by atoms with Gasteiger partial charge in [-0.2, -0.15) is 10.2 Å². The molecular weight excluding hydrogens is 474 g/mol. The van der Waals surface area contributed by atoms with E-state index in [1.165, 1.54) is 6.20 Å². The fourth-order valence-electron chi connectivity index (χ4n) is 4.09. The minimum Gasteiger partial charge on any atom is -0.368 e. The number of anilines is 2. The number of benzene rings is 3. The Labute approximate surface area is 211 Å². The highest BCUT2D eigenvalue weighted by Crippen LogP contribution is 2.29. The average Bonchev–Trinajstić information content (AvgIpc) is 2.89. The van der Waals surface area contributed by atoms with Gasteiger partial charge in [0.15, 0.2) is 0 Å². The second-order valence-corrected chi connectivity index (χ2v) is 8.56. The monoisotopic (exact) mass is 493 g/mol. The molecule has 8 nitrogen and oxygen atoms in total. The zero-order valence-corrected chi connectivity index (χ0v) is 19.9. The van der Waals surface area contributed by atoms with Crippen LogP contribution in [0.3, 0.4) is 0 Å². The minimum absolute atomic E-state index is 0.0308. The van der Waals surface area contributed by atoms with Gasteiger partial charge >= 0.3 is 0 Å². The summed E-state index contributed by atoms with van der Waals surface area (Å²) in [6.45, 7) is 1.84. The number of rotatable bonds is 5. The predicted molar refractivity (Wildman–Crippen MR) is 141 cm³/mol. The Kier molecular flexibility index (Phi) is 6.07. The smallest absolute Gasteiger partial charge is 0.266 e. The maximum absolute atomic E-state index is 14.1. The number of para-hydroxylation sites is 1. The average molecular weight is 494 g/mol. The van der Waals surface area contributed by atoms with Gasteiger partial charge in [0.05, 0.1) is 28.8 Å². The topological polar surface area (TPSA) is 123 Å². The summed E-state index contributed by atoms with van der Waals surface area (Å²) < 4.78 is 1.58. The van der Waals surface area contributed by atoms with Crippen molar-refractivity contribution < 1.29 is 0 Å². The number of nitrogens with zero attached hydrogens (tertiary/aromatic N) is 5. The largest absolute Gasteiger partial charge is 0.368 e. The van der Waals surface area contributed by atoms with Crippen LogP contribution in [-0.2, 0) is 0 Å². The molecule has 3 N–H and O–H groups in total. The van der Waals surface area contributed by atoms with Crippen molar-refractivity contribution in [2.75, 3.05) is 11.1 Å². The molecule has 5 aromatic rings. The van der Waals surface area contributed by atoms with Gasteiger partial charge in [0.25, 0.3) is 5.56 Å². The lowest BCUT2D eigenvalue weighted by Gasteiger charge is -2.21. The Balaban J connectivity index is 1.74. The summed E-state index contributed by atoms with van der Waals surface area (Å²) in [6.07, 6.45) is 1.36. The molecule has 0 aliphatic heterocycles. The molecule has 0 saturated heterocycles. The van der Waals surface area contributed by atoms with Gasteiger partial charge in [0.1, 0.15) is 23.3 Å². The maximum Gasteiger partial charge on any atom is 0.266 e. The summed E-state index contributed by atoms with van der Waals surface area (Å²) in [4.78, 5) is 27.1. The van der Waals surface area contributed by atoms with Crippen LogP contribution in [-0.4, -0.2) is 19.5 Å². The molecule has 5 rings (SSSR count). The van der Waals surface area contributed by atoms with Crippen LogP contribution < -0.4 is 16.6 Å².